The summed E-state index contributed by atoms with van der Waals surface area (Å²) in [6, 6.07) is 15.6. The molecule has 8 heteroatoms. The maximum atomic E-state index is 12.9. The number of hydrogen-bond donors (Lipinski definition) is 1. The van der Waals surface area contributed by atoms with Crippen molar-refractivity contribution in [1.29, 1.82) is 0 Å². The van der Waals surface area contributed by atoms with Crippen LogP contribution >= 0.6 is 0 Å². The van der Waals surface area contributed by atoms with Gasteiger partial charge in [-0.1, -0.05) is 18.2 Å². The molecule has 1 amide bonds. The average molecular weight is 445 g/mol. The van der Waals surface area contributed by atoms with Gasteiger partial charge in [-0.05, 0) is 56.7 Å². The summed E-state index contributed by atoms with van der Waals surface area (Å²) in [4.78, 5) is 32.1. The van der Waals surface area contributed by atoms with Crippen molar-refractivity contribution in [3.05, 3.63) is 77.0 Å². The van der Waals surface area contributed by atoms with Crippen molar-refractivity contribution in [2.75, 3.05) is 23.3 Å². The van der Waals surface area contributed by atoms with Crippen molar-refractivity contribution in [3.8, 4) is 5.69 Å². The van der Waals surface area contributed by atoms with Crippen LogP contribution in [0.5, 0.6) is 0 Å². The highest BCUT2D eigenvalue weighted by Gasteiger charge is 2.13. The largest absolute Gasteiger partial charge is 0.372 e. The van der Waals surface area contributed by atoms with Gasteiger partial charge in [-0.15, -0.1) is 0 Å². The molecule has 4 rings (SSSR count). The van der Waals surface area contributed by atoms with Gasteiger partial charge in [0, 0.05) is 37.4 Å². The molecule has 2 heterocycles. The minimum Gasteiger partial charge on any atom is -0.372 e. The number of nitrogens with one attached hydrogen (secondary N) is 1. The van der Waals surface area contributed by atoms with E-state index in [1.807, 2.05) is 49.4 Å². The maximum absolute atomic E-state index is 12.9. The zero-order valence-electron chi connectivity index (χ0n) is 19.2. The number of carbonyl (C=O) groups is 1. The van der Waals surface area contributed by atoms with Gasteiger partial charge in [0.15, 0.2) is 5.65 Å². The third-order valence-electron chi connectivity index (χ3n) is 5.75. The number of carbonyl (C=O) groups excluding carboxylic acids is 1. The van der Waals surface area contributed by atoms with E-state index in [9.17, 15) is 9.59 Å². The van der Waals surface area contributed by atoms with Crippen molar-refractivity contribution in [3.63, 3.8) is 0 Å². The van der Waals surface area contributed by atoms with E-state index in [-0.39, 0.29) is 24.4 Å². The van der Waals surface area contributed by atoms with E-state index in [0.29, 0.717) is 11.0 Å². The number of para-hydroxylation sites is 1. The number of nitrogens with zero attached hydrogens (tertiary/aromatic N) is 5. The van der Waals surface area contributed by atoms with Gasteiger partial charge in [-0.25, -0.2) is 9.67 Å². The molecule has 170 valence electrons. The maximum Gasteiger partial charge on any atom is 0.264 e. The van der Waals surface area contributed by atoms with E-state index >= 15 is 0 Å². The second-order valence-electron chi connectivity index (χ2n) is 7.84. The smallest absolute Gasteiger partial charge is 0.264 e. The third-order valence-corrected chi connectivity index (χ3v) is 5.75. The summed E-state index contributed by atoms with van der Waals surface area (Å²) in [6.45, 7) is 8.32. The Morgan fingerprint density at radius 1 is 1.09 bits per heavy atom. The fourth-order valence-electron chi connectivity index (χ4n) is 3.87. The molecule has 8 nitrogen and oxygen atoms in total. The Balaban J connectivity index is 1.45. The Kier molecular flexibility index (Phi) is 6.53. The predicted octanol–water partition coefficient (Wildman–Crippen LogP) is 3.77. The molecule has 1 N–H and O–H groups in total. The molecule has 0 aliphatic rings. The van der Waals surface area contributed by atoms with Crippen LogP contribution in [0.3, 0.4) is 0 Å². The quantitative estimate of drug-likeness (QED) is 0.447. The topological polar surface area (TPSA) is 85.1 Å². The Hall–Kier alpha value is -3.94. The summed E-state index contributed by atoms with van der Waals surface area (Å²) >= 11 is 0. The van der Waals surface area contributed by atoms with Crippen LogP contribution in [0, 0.1) is 6.92 Å². The van der Waals surface area contributed by atoms with Gasteiger partial charge in [-0.3, -0.25) is 14.2 Å². The van der Waals surface area contributed by atoms with Gasteiger partial charge in [0.2, 0.25) is 5.91 Å². The van der Waals surface area contributed by atoms with E-state index in [1.54, 1.807) is 4.68 Å². The normalized spacial score (nSPS) is 11.0. The zero-order valence-corrected chi connectivity index (χ0v) is 19.2. The lowest BCUT2D eigenvalue weighted by Crippen LogP contribution is -2.24. The molecule has 0 unspecified atom stereocenters. The molecule has 0 aliphatic carbocycles. The first-order valence-corrected chi connectivity index (χ1v) is 11.2. The first kappa shape index (κ1) is 22.3. The van der Waals surface area contributed by atoms with Gasteiger partial charge < -0.3 is 10.2 Å². The summed E-state index contributed by atoms with van der Waals surface area (Å²) in [5.41, 5.74) is 4.03. The number of rotatable bonds is 8. The molecule has 2 aromatic carbocycles. The van der Waals surface area contributed by atoms with Crippen LogP contribution < -0.4 is 15.8 Å². The minimum atomic E-state index is -0.213. The standard InChI is InChI=1S/C25H28N6O2/c1-4-29(5-2)20-11-12-22(18(3)15-20)28-23(32)13-14-30-17-26-24-21(25(30)33)16-27-31(24)19-9-7-6-8-10-19/h6-12,15-17H,4-5,13-14H2,1-3H3,(H,28,32). The number of hydrogen-bond acceptors (Lipinski definition) is 5. The molecule has 0 spiro atoms. The molecule has 33 heavy (non-hydrogen) atoms. The van der Waals surface area contributed by atoms with Crippen molar-refractivity contribution in [2.45, 2.75) is 33.7 Å². The molecular weight excluding hydrogens is 416 g/mol. The monoisotopic (exact) mass is 444 g/mol. The summed E-state index contributed by atoms with van der Waals surface area (Å²) in [5, 5.41) is 7.69. The third kappa shape index (κ3) is 4.64. The molecule has 4 aromatic rings. The minimum absolute atomic E-state index is 0.152. The van der Waals surface area contributed by atoms with E-state index in [0.717, 1.165) is 35.7 Å². The summed E-state index contributed by atoms with van der Waals surface area (Å²) in [7, 11) is 0. The van der Waals surface area contributed by atoms with E-state index in [2.05, 4.69) is 40.2 Å². The van der Waals surface area contributed by atoms with Gasteiger partial charge in [0.25, 0.3) is 5.56 Å². The van der Waals surface area contributed by atoms with Crippen molar-refractivity contribution >= 4 is 28.3 Å². The van der Waals surface area contributed by atoms with Gasteiger partial charge in [0.1, 0.15) is 5.39 Å². The van der Waals surface area contributed by atoms with Crippen molar-refractivity contribution in [2.24, 2.45) is 0 Å². The Labute approximate surface area is 192 Å². The molecule has 0 fully saturated rings. The fourth-order valence-corrected chi connectivity index (χ4v) is 3.87. The molecule has 0 bridgehead atoms. The number of benzene rings is 2. The molecule has 0 radical (unpaired) electrons. The summed E-state index contributed by atoms with van der Waals surface area (Å²) in [5.74, 6) is -0.152. The number of anilines is 2. The molecule has 2 aromatic heterocycles. The van der Waals surface area contributed by atoms with Crippen molar-refractivity contribution in [1.82, 2.24) is 19.3 Å². The van der Waals surface area contributed by atoms with Gasteiger partial charge >= 0.3 is 0 Å². The lowest BCUT2D eigenvalue weighted by atomic mass is 10.1. The van der Waals surface area contributed by atoms with E-state index in [4.69, 9.17) is 0 Å². The van der Waals surface area contributed by atoms with Crippen LogP contribution in [-0.2, 0) is 11.3 Å². The lowest BCUT2D eigenvalue weighted by molar-refractivity contribution is -0.116. The number of aryl methyl sites for hydroxylation is 2. The lowest BCUT2D eigenvalue weighted by Gasteiger charge is -2.22. The number of aromatic nitrogens is 4. The van der Waals surface area contributed by atoms with Crippen LogP contribution in [0.4, 0.5) is 11.4 Å². The van der Waals surface area contributed by atoms with Crippen molar-refractivity contribution < 1.29 is 4.79 Å². The molecule has 0 aliphatic heterocycles. The highest BCUT2D eigenvalue weighted by molar-refractivity contribution is 5.91. The molecule has 0 saturated carbocycles. The second-order valence-corrected chi connectivity index (χ2v) is 7.84. The summed E-state index contributed by atoms with van der Waals surface area (Å²) in [6.07, 6.45) is 3.16. The zero-order chi connectivity index (χ0) is 23.4. The van der Waals surface area contributed by atoms with Gasteiger partial charge in [-0.2, -0.15) is 5.10 Å². The van der Waals surface area contributed by atoms with Crippen LogP contribution in [0.1, 0.15) is 25.8 Å². The van der Waals surface area contributed by atoms with Gasteiger partial charge in [0.05, 0.1) is 18.2 Å². The number of fused-ring (bicyclic) bond motifs is 1. The first-order valence-electron chi connectivity index (χ1n) is 11.2. The molecule has 0 saturated heterocycles. The van der Waals surface area contributed by atoms with Crippen LogP contribution in [-0.4, -0.2) is 38.3 Å². The first-order chi connectivity index (χ1) is 16.0. The van der Waals surface area contributed by atoms with E-state index in [1.165, 1.54) is 17.1 Å². The van der Waals surface area contributed by atoms with Crippen LogP contribution in [0.2, 0.25) is 0 Å². The second kappa shape index (κ2) is 9.68. The summed E-state index contributed by atoms with van der Waals surface area (Å²) < 4.78 is 3.09. The Morgan fingerprint density at radius 3 is 2.55 bits per heavy atom. The molecule has 0 atom stereocenters. The SMILES string of the molecule is CCN(CC)c1ccc(NC(=O)CCn2cnc3c(cnn3-c3ccccc3)c2=O)c(C)c1. The van der Waals surface area contributed by atoms with Crippen LogP contribution in [0.15, 0.2) is 65.8 Å². The highest BCUT2D eigenvalue weighted by atomic mass is 16.2. The average Bonchev–Trinajstić information content (AvgIpc) is 3.27. The number of amides is 1. The molecular formula is C25H28N6O2. The van der Waals surface area contributed by atoms with E-state index < -0.39 is 0 Å². The Bertz CT molecular complexity index is 1320. The fraction of sp³-hybridized carbons (Fsp3) is 0.280. The predicted molar refractivity (Wildman–Crippen MR) is 131 cm³/mol. The Morgan fingerprint density at radius 2 is 1.85 bits per heavy atom. The van der Waals surface area contributed by atoms with Crippen LogP contribution in [0.25, 0.3) is 16.7 Å². The highest BCUT2D eigenvalue weighted by Crippen LogP contribution is 2.23.